The Kier molecular flexibility index (Phi) is 18.7. The first-order valence-electron chi connectivity index (χ1n) is 13.9. The van der Waals surface area contributed by atoms with Gasteiger partial charge in [-0.1, -0.05) is 0 Å². The molecule has 0 aromatic carbocycles. The van der Waals surface area contributed by atoms with Gasteiger partial charge in [0.15, 0.2) is 0 Å². The molecule has 0 aromatic rings. The van der Waals surface area contributed by atoms with Crippen molar-refractivity contribution in [3.63, 3.8) is 0 Å². The number of hydrogen-bond donors (Lipinski definition) is 7. The van der Waals surface area contributed by atoms with Crippen molar-refractivity contribution in [3.8, 4) is 0 Å². The second kappa shape index (κ2) is 20.4. The summed E-state index contributed by atoms with van der Waals surface area (Å²) >= 11 is 0. The van der Waals surface area contributed by atoms with Crippen molar-refractivity contribution in [2.24, 2.45) is 11.5 Å². The summed E-state index contributed by atoms with van der Waals surface area (Å²) in [6.45, 7) is 5.05. The van der Waals surface area contributed by atoms with E-state index < -0.39 is 53.3 Å². The van der Waals surface area contributed by atoms with E-state index in [-0.39, 0.29) is 26.1 Å². The molecule has 15 nitrogen and oxygen atoms in total. The first-order valence-corrected chi connectivity index (χ1v) is 13.9. The van der Waals surface area contributed by atoms with Crippen LogP contribution in [0.5, 0.6) is 0 Å². The van der Waals surface area contributed by atoms with Crippen molar-refractivity contribution in [2.75, 3.05) is 46.8 Å². The summed E-state index contributed by atoms with van der Waals surface area (Å²) in [6.07, 6.45) is 2.70. The Morgan fingerprint density at radius 3 is 1.51 bits per heavy atom. The Balaban J connectivity index is 4.84. The van der Waals surface area contributed by atoms with Crippen molar-refractivity contribution in [2.45, 2.75) is 83.4 Å². The Morgan fingerprint density at radius 1 is 0.707 bits per heavy atom. The Hall–Kier alpha value is -3.46. The molecule has 0 aliphatic rings. The van der Waals surface area contributed by atoms with E-state index in [1.807, 2.05) is 0 Å². The first kappa shape index (κ1) is 37.5. The van der Waals surface area contributed by atoms with Crippen LogP contribution < -0.4 is 38.1 Å². The molecule has 0 aliphatic heterocycles. The molecule has 0 fully saturated rings. The molecule has 0 saturated heterocycles. The number of nitrogens with zero attached hydrogens (tertiary/aromatic N) is 1. The fourth-order valence-electron chi connectivity index (χ4n) is 3.69. The van der Waals surface area contributed by atoms with Crippen molar-refractivity contribution in [1.82, 2.24) is 31.5 Å². The Bertz CT molecular complexity index is 817. The molecule has 0 radical (unpaired) electrons. The SMILES string of the molecule is CNC(CCCCNC(=O)CN(CC(=O)NCCCCC(NC)C(N)=O)C(=O)CCNC(=O)OC(C)(C)C)C(N)=O. The highest BCUT2D eigenvalue weighted by Crippen LogP contribution is 2.06. The molecule has 0 aliphatic carbocycles. The van der Waals surface area contributed by atoms with Gasteiger partial charge in [0.2, 0.25) is 29.5 Å². The number of nitrogens with one attached hydrogen (secondary N) is 5. The van der Waals surface area contributed by atoms with Gasteiger partial charge in [-0.15, -0.1) is 0 Å². The molecule has 15 heteroatoms. The van der Waals surface area contributed by atoms with Crippen LogP contribution in [0.25, 0.3) is 0 Å². The van der Waals surface area contributed by atoms with E-state index in [2.05, 4.69) is 26.6 Å². The number of alkyl carbamates (subject to hydrolysis) is 1. The molecule has 0 rings (SSSR count). The lowest BCUT2D eigenvalue weighted by Gasteiger charge is -2.23. The maximum absolute atomic E-state index is 12.8. The van der Waals surface area contributed by atoms with Gasteiger partial charge in [0, 0.05) is 26.1 Å². The zero-order valence-corrected chi connectivity index (χ0v) is 25.1. The van der Waals surface area contributed by atoms with Gasteiger partial charge in [-0.25, -0.2) is 4.79 Å². The van der Waals surface area contributed by atoms with E-state index in [4.69, 9.17) is 16.2 Å². The van der Waals surface area contributed by atoms with Crippen LogP contribution in [0.4, 0.5) is 4.79 Å². The molecule has 2 unspecified atom stereocenters. The van der Waals surface area contributed by atoms with Gasteiger partial charge in [0.25, 0.3) is 0 Å². The normalized spacial score (nSPS) is 12.5. The van der Waals surface area contributed by atoms with Gasteiger partial charge in [-0.05, 0) is 73.4 Å². The van der Waals surface area contributed by atoms with Crippen LogP contribution >= 0.6 is 0 Å². The van der Waals surface area contributed by atoms with Crippen LogP contribution in [0, 0.1) is 0 Å². The number of unbranched alkanes of at least 4 members (excludes halogenated alkanes) is 2. The number of carbonyl (C=O) groups is 6. The number of hydrogen-bond acceptors (Lipinski definition) is 9. The smallest absolute Gasteiger partial charge is 0.407 e. The summed E-state index contributed by atoms with van der Waals surface area (Å²) in [6, 6.07) is -0.890. The van der Waals surface area contributed by atoms with Crippen LogP contribution in [-0.2, 0) is 28.7 Å². The van der Waals surface area contributed by atoms with Crippen molar-refractivity contribution in [3.05, 3.63) is 0 Å². The number of ether oxygens (including phenoxy) is 1. The number of primary amides is 2. The fourth-order valence-corrected chi connectivity index (χ4v) is 3.69. The topological polar surface area (TPSA) is 227 Å². The van der Waals surface area contributed by atoms with E-state index in [1.165, 1.54) is 0 Å². The monoisotopic (exact) mass is 586 g/mol. The van der Waals surface area contributed by atoms with Crippen molar-refractivity contribution >= 4 is 35.6 Å². The average molecular weight is 587 g/mol. The summed E-state index contributed by atoms with van der Waals surface area (Å²) in [4.78, 5) is 73.5. The third-order valence-electron chi connectivity index (χ3n) is 5.90. The summed E-state index contributed by atoms with van der Waals surface area (Å²) in [5, 5.41) is 13.6. The van der Waals surface area contributed by atoms with Crippen molar-refractivity contribution in [1.29, 1.82) is 0 Å². The number of likely N-dealkylation sites (N-methyl/N-ethyl adjacent to an activating group) is 2. The van der Waals surface area contributed by atoms with Gasteiger partial charge in [-0.2, -0.15) is 0 Å². The first-order chi connectivity index (χ1) is 19.2. The molecule has 2 atom stereocenters. The molecule has 0 spiro atoms. The quantitative estimate of drug-likeness (QED) is 0.0771. The minimum Gasteiger partial charge on any atom is -0.444 e. The molecule has 0 aromatic heterocycles. The third kappa shape index (κ3) is 19.3. The predicted molar refractivity (Wildman–Crippen MR) is 153 cm³/mol. The third-order valence-corrected chi connectivity index (χ3v) is 5.90. The number of carbonyl (C=O) groups excluding carboxylic acids is 6. The van der Waals surface area contributed by atoms with Gasteiger partial charge >= 0.3 is 6.09 Å². The minimum atomic E-state index is -0.697. The van der Waals surface area contributed by atoms with Crippen molar-refractivity contribution < 1.29 is 33.5 Å². The van der Waals surface area contributed by atoms with Gasteiger partial charge in [-0.3, -0.25) is 24.0 Å². The summed E-state index contributed by atoms with van der Waals surface area (Å²) < 4.78 is 5.14. The summed E-state index contributed by atoms with van der Waals surface area (Å²) in [7, 11) is 3.29. The molecule has 0 bridgehead atoms. The van der Waals surface area contributed by atoms with E-state index >= 15 is 0 Å². The number of rotatable bonds is 21. The molecule has 9 N–H and O–H groups in total. The lowest BCUT2D eigenvalue weighted by Crippen LogP contribution is -2.47. The molecule has 0 heterocycles. The standard InChI is InChI=1S/C26H50N8O7/c1-26(2,3)41-25(40)33-15-12-22(37)34(16-20(35)31-13-8-6-10-18(29-4)23(27)38)17-21(36)32-14-9-7-11-19(30-5)24(28)39/h18-19,29-30H,6-17H2,1-5H3,(H2,27,38)(H2,28,39)(H,31,35)(H,32,36)(H,33,40). The Morgan fingerprint density at radius 2 is 1.15 bits per heavy atom. The molecular weight excluding hydrogens is 536 g/mol. The lowest BCUT2D eigenvalue weighted by molar-refractivity contribution is -0.139. The van der Waals surface area contributed by atoms with Gasteiger partial charge in [0.1, 0.15) is 18.7 Å². The maximum Gasteiger partial charge on any atom is 0.407 e. The highest BCUT2D eigenvalue weighted by atomic mass is 16.6. The lowest BCUT2D eigenvalue weighted by atomic mass is 10.1. The number of amides is 6. The highest BCUT2D eigenvalue weighted by molar-refractivity contribution is 5.89. The van der Waals surface area contributed by atoms with E-state index in [0.717, 1.165) is 4.90 Å². The summed E-state index contributed by atoms with van der Waals surface area (Å²) in [5.74, 6) is -2.29. The Labute approximate surface area is 242 Å². The van der Waals surface area contributed by atoms with E-state index in [9.17, 15) is 28.8 Å². The molecule has 6 amide bonds. The molecular formula is C26H50N8O7. The van der Waals surface area contributed by atoms with Crippen LogP contribution in [0.3, 0.4) is 0 Å². The van der Waals surface area contributed by atoms with Crippen LogP contribution in [0.1, 0.15) is 65.7 Å². The van der Waals surface area contributed by atoms with Gasteiger partial charge in [0.05, 0.1) is 12.1 Å². The van der Waals surface area contributed by atoms with Gasteiger partial charge < -0.3 is 47.7 Å². The molecule has 41 heavy (non-hydrogen) atoms. The van der Waals surface area contributed by atoms with Crippen LogP contribution in [0.15, 0.2) is 0 Å². The summed E-state index contributed by atoms with van der Waals surface area (Å²) in [5.41, 5.74) is 9.89. The zero-order valence-electron chi connectivity index (χ0n) is 25.1. The van der Waals surface area contributed by atoms with E-state index in [0.29, 0.717) is 51.6 Å². The molecule has 236 valence electrons. The predicted octanol–water partition coefficient (Wildman–Crippen LogP) is -1.55. The maximum atomic E-state index is 12.8. The largest absolute Gasteiger partial charge is 0.444 e. The second-order valence-corrected chi connectivity index (χ2v) is 10.6. The fraction of sp³-hybridized carbons (Fsp3) is 0.769. The molecule has 0 saturated carbocycles. The average Bonchev–Trinajstić information content (AvgIpc) is 2.86. The highest BCUT2D eigenvalue weighted by Gasteiger charge is 2.21. The second-order valence-electron chi connectivity index (χ2n) is 10.6. The zero-order chi connectivity index (χ0) is 31.4. The number of nitrogens with two attached hydrogens (primary N) is 2. The van der Waals surface area contributed by atoms with E-state index in [1.54, 1.807) is 34.9 Å². The van der Waals surface area contributed by atoms with Crippen LogP contribution in [0.2, 0.25) is 0 Å². The van der Waals surface area contributed by atoms with Crippen LogP contribution in [-0.4, -0.2) is 105 Å². The minimum absolute atomic E-state index is 0.0352.